The Bertz CT molecular complexity index is 439. The van der Waals surface area contributed by atoms with Gasteiger partial charge in [-0.05, 0) is 12.1 Å². The van der Waals surface area contributed by atoms with Gasteiger partial charge in [-0.3, -0.25) is 10.1 Å². The van der Waals surface area contributed by atoms with E-state index < -0.39 is 40.6 Å². The Labute approximate surface area is 93.8 Å². The van der Waals surface area contributed by atoms with Crippen LogP contribution in [0.4, 0.5) is 18.9 Å². The summed E-state index contributed by atoms with van der Waals surface area (Å²) in [7, 11) is 0. The second-order valence-electron chi connectivity index (χ2n) is 3.36. The number of nitro benzene ring substituents is 1. The van der Waals surface area contributed by atoms with E-state index in [0.29, 0.717) is 6.07 Å². The van der Waals surface area contributed by atoms with Crippen LogP contribution in [0.15, 0.2) is 18.2 Å². The number of hydrogen-bond donors (Lipinski definition) is 2. The summed E-state index contributed by atoms with van der Waals surface area (Å²) in [6, 6.07) is 0.0218. The van der Waals surface area contributed by atoms with E-state index in [4.69, 9.17) is 10.8 Å². The first kappa shape index (κ1) is 13.4. The largest absolute Gasteiger partial charge is 0.390 e. The van der Waals surface area contributed by atoms with E-state index >= 15 is 0 Å². The number of nitro groups is 1. The number of halogens is 3. The van der Waals surface area contributed by atoms with Crippen LogP contribution in [0.2, 0.25) is 0 Å². The van der Waals surface area contributed by atoms with E-state index in [1.54, 1.807) is 0 Å². The molecule has 0 aliphatic carbocycles. The number of alkyl halides is 2. The van der Waals surface area contributed by atoms with Crippen LogP contribution in [0.5, 0.6) is 0 Å². The fourth-order valence-electron chi connectivity index (χ4n) is 1.26. The minimum Gasteiger partial charge on any atom is -0.390 e. The number of rotatable bonds is 4. The average Bonchev–Trinajstić information content (AvgIpc) is 2.28. The molecule has 0 amide bonds. The number of nitrogens with two attached hydrogens (primary N) is 1. The number of aliphatic hydroxyl groups excluding tert-OH is 1. The van der Waals surface area contributed by atoms with Gasteiger partial charge >= 0.3 is 0 Å². The molecule has 17 heavy (non-hydrogen) atoms. The molecule has 5 nitrogen and oxygen atoms in total. The molecule has 0 unspecified atom stereocenters. The summed E-state index contributed by atoms with van der Waals surface area (Å²) < 4.78 is 38.9. The summed E-state index contributed by atoms with van der Waals surface area (Å²) in [5.74, 6) is -4.65. The quantitative estimate of drug-likeness (QED) is 0.623. The maximum absolute atomic E-state index is 13.1. The maximum Gasteiger partial charge on any atom is 0.289 e. The lowest BCUT2D eigenvalue weighted by atomic mass is 10.00. The van der Waals surface area contributed by atoms with Crippen LogP contribution in [0, 0.1) is 15.9 Å². The van der Waals surface area contributed by atoms with Crippen LogP contribution in [-0.2, 0) is 0 Å². The number of aliphatic hydroxyl groups is 1. The van der Waals surface area contributed by atoms with Crippen LogP contribution in [0.3, 0.4) is 0 Å². The highest BCUT2D eigenvalue weighted by Crippen LogP contribution is 2.34. The lowest BCUT2D eigenvalue weighted by Gasteiger charge is -2.21. The Kier molecular flexibility index (Phi) is 3.69. The van der Waals surface area contributed by atoms with E-state index in [0.717, 1.165) is 12.1 Å². The first-order chi connectivity index (χ1) is 7.79. The van der Waals surface area contributed by atoms with Crippen molar-refractivity contribution in [3.8, 4) is 0 Å². The summed E-state index contributed by atoms with van der Waals surface area (Å²) in [5, 5.41) is 19.0. The molecule has 1 aromatic rings. The van der Waals surface area contributed by atoms with Gasteiger partial charge < -0.3 is 10.8 Å². The third kappa shape index (κ3) is 2.71. The van der Waals surface area contributed by atoms with Gasteiger partial charge in [-0.25, -0.2) is 13.2 Å². The Morgan fingerprint density at radius 2 is 2.12 bits per heavy atom. The van der Waals surface area contributed by atoms with Crippen molar-refractivity contribution in [2.75, 3.05) is 6.61 Å². The number of nitrogens with zero attached hydrogens (tertiary/aromatic N) is 1. The van der Waals surface area contributed by atoms with Crippen molar-refractivity contribution in [3.63, 3.8) is 0 Å². The molecule has 0 saturated heterocycles. The monoisotopic (exact) mass is 250 g/mol. The molecule has 0 aromatic heterocycles. The topological polar surface area (TPSA) is 89.4 Å². The predicted octanol–water partition coefficient (Wildman–Crippen LogP) is 1.36. The van der Waals surface area contributed by atoms with E-state index in [-0.39, 0.29) is 0 Å². The molecule has 94 valence electrons. The van der Waals surface area contributed by atoms with Crippen molar-refractivity contribution in [2.45, 2.75) is 12.0 Å². The van der Waals surface area contributed by atoms with Gasteiger partial charge in [0.2, 0.25) is 0 Å². The van der Waals surface area contributed by atoms with Gasteiger partial charge in [0, 0.05) is 0 Å². The molecule has 8 heteroatoms. The molecular weight excluding hydrogens is 241 g/mol. The Morgan fingerprint density at radius 3 is 2.59 bits per heavy atom. The number of hydrogen-bond acceptors (Lipinski definition) is 4. The maximum atomic E-state index is 13.1. The highest BCUT2D eigenvalue weighted by atomic mass is 19.3. The van der Waals surface area contributed by atoms with E-state index in [2.05, 4.69) is 0 Å². The standard InChI is InChI=1S/C9H9F3N2O3/c10-5-1-2-6(7(3-5)14(16)17)8(13)9(11,12)4-15/h1-3,8,15H,4,13H2/t8-/m1/s1. The summed E-state index contributed by atoms with van der Waals surface area (Å²) in [6.45, 7) is -1.55. The molecule has 0 spiro atoms. The van der Waals surface area contributed by atoms with Crippen molar-refractivity contribution in [1.29, 1.82) is 0 Å². The van der Waals surface area contributed by atoms with Gasteiger partial charge in [-0.15, -0.1) is 0 Å². The normalized spacial score (nSPS) is 13.5. The van der Waals surface area contributed by atoms with Gasteiger partial charge in [0.15, 0.2) is 0 Å². The van der Waals surface area contributed by atoms with Gasteiger partial charge in [0.25, 0.3) is 11.6 Å². The lowest BCUT2D eigenvalue weighted by molar-refractivity contribution is -0.386. The summed E-state index contributed by atoms with van der Waals surface area (Å²) in [6.07, 6.45) is 0. The van der Waals surface area contributed by atoms with E-state index in [9.17, 15) is 23.3 Å². The molecular formula is C9H9F3N2O3. The molecule has 0 heterocycles. The fraction of sp³-hybridized carbons (Fsp3) is 0.333. The zero-order chi connectivity index (χ0) is 13.2. The van der Waals surface area contributed by atoms with Gasteiger partial charge in [-0.2, -0.15) is 0 Å². The molecule has 0 fully saturated rings. The zero-order valence-corrected chi connectivity index (χ0v) is 8.44. The Hall–Kier alpha value is -1.67. The smallest absolute Gasteiger partial charge is 0.289 e. The third-order valence-corrected chi connectivity index (χ3v) is 2.19. The molecule has 0 radical (unpaired) electrons. The molecule has 0 bridgehead atoms. The molecule has 3 N–H and O–H groups in total. The average molecular weight is 250 g/mol. The second kappa shape index (κ2) is 4.68. The van der Waals surface area contributed by atoms with Crippen molar-refractivity contribution >= 4 is 5.69 Å². The van der Waals surface area contributed by atoms with Crippen LogP contribution in [0.1, 0.15) is 11.6 Å². The van der Waals surface area contributed by atoms with Crippen LogP contribution in [-0.4, -0.2) is 22.6 Å². The minimum absolute atomic E-state index is 0.503. The van der Waals surface area contributed by atoms with Crippen molar-refractivity contribution in [3.05, 3.63) is 39.7 Å². The first-order valence-electron chi connectivity index (χ1n) is 4.47. The van der Waals surface area contributed by atoms with Crippen molar-refractivity contribution in [1.82, 2.24) is 0 Å². The van der Waals surface area contributed by atoms with E-state index in [1.807, 2.05) is 0 Å². The Balaban J connectivity index is 3.26. The van der Waals surface area contributed by atoms with Crippen LogP contribution in [0.25, 0.3) is 0 Å². The predicted molar refractivity (Wildman–Crippen MR) is 52.0 cm³/mol. The van der Waals surface area contributed by atoms with Crippen LogP contribution < -0.4 is 5.73 Å². The van der Waals surface area contributed by atoms with Gasteiger partial charge in [0.1, 0.15) is 18.5 Å². The third-order valence-electron chi connectivity index (χ3n) is 2.19. The highest BCUT2D eigenvalue weighted by Gasteiger charge is 2.40. The molecule has 0 aliphatic heterocycles. The summed E-state index contributed by atoms with van der Waals surface area (Å²) >= 11 is 0. The minimum atomic E-state index is -3.72. The van der Waals surface area contributed by atoms with Gasteiger partial charge in [-0.1, -0.05) is 0 Å². The SMILES string of the molecule is N[C@H](c1ccc(F)cc1[N+](=O)[O-])C(F)(F)CO. The van der Waals surface area contributed by atoms with Crippen molar-refractivity contribution in [2.24, 2.45) is 5.73 Å². The first-order valence-corrected chi connectivity index (χ1v) is 4.47. The van der Waals surface area contributed by atoms with E-state index in [1.165, 1.54) is 0 Å². The summed E-state index contributed by atoms with van der Waals surface area (Å²) in [4.78, 5) is 9.56. The lowest BCUT2D eigenvalue weighted by Crippen LogP contribution is -2.36. The van der Waals surface area contributed by atoms with Crippen LogP contribution >= 0.6 is 0 Å². The molecule has 1 aromatic carbocycles. The zero-order valence-electron chi connectivity index (χ0n) is 8.44. The Morgan fingerprint density at radius 1 is 1.53 bits per heavy atom. The molecule has 0 aliphatic rings. The molecule has 1 rings (SSSR count). The summed E-state index contributed by atoms with van der Waals surface area (Å²) in [5.41, 5.74) is 3.76. The van der Waals surface area contributed by atoms with Gasteiger partial charge in [0.05, 0.1) is 16.6 Å². The highest BCUT2D eigenvalue weighted by molar-refractivity contribution is 5.43. The molecule has 0 saturated carbocycles. The van der Waals surface area contributed by atoms with Crippen molar-refractivity contribution < 1.29 is 23.2 Å². The fourth-order valence-corrected chi connectivity index (χ4v) is 1.26. The molecule has 1 atom stereocenters. The second-order valence-corrected chi connectivity index (χ2v) is 3.36. The number of benzene rings is 1.